The molecule has 1 rings (SSSR count). The standard InChI is InChI=1S/C9H7NO6/c10-16-9(15)6-2-4(7(11)12)1-5(3-6)8(13)14/h1-3H,10H2,(H,11,12)(H,13,14). The molecule has 0 fully saturated rings. The first-order valence-electron chi connectivity index (χ1n) is 3.98. The summed E-state index contributed by atoms with van der Waals surface area (Å²) in [6.45, 7) is 0. The van der Waals surface area contributed by atoms with Crippen LogP contribution in [0.1, 0.15) is 31.1 Å². The van der Waals surface area contributed by atoms with Crippen LogP contribution in [0.3, 0.4) is 0 Å². The Balaban J connectivity index is 3.35. The average molecular weight is 225 g/mol. The number of benzene rings is 1. The van der Waals surface area contributed by atoms with E-state index in [1.807, 2.05) is 0 Å². The van der Waals surface area contributed by atoms with Gasteiger partial charge in [0.05, 0.1) is 16.7 Å². The molecule has 0 aliphatic heterocycles. The van der Waals surface area contributed by atoms with Crippen molar-refractivity contribution in [2.24, 2.45) is 5.90 Å². The molecule has 0 heterocycles. The molecule has 0 aliphatic carbocycles. The zero-order valence-corrected chi connectivity index (χ0v) is 7.84. The van der Waals surface area contributed by atoms with Crippen LogP contribution < -0.4 is 5.90 Å². The normalized spacial score (nSPS) is 9.56. The Hall–Kier alpha value is -2.41. The number of rotatable bonds is 3. The molecule has 0 saturated heterocycles. The monoisotopic (exact) mass is 225 g/mol. The molecule has 0 aliphatic rings. The molecule has 0 unspecified atom stereocenters. The van der Waals surface area contributed by atoms with Crippen LogP contribution >= 0.6 is 0 Å². The van der Waals surface area contributed by atoms with Gasteiger partial charge in [-0.15, -0.1) is 0 Å². The van der Waals surface area contributed by atoms with Crippen molar-refractivity contribution in [3.8, 4) is 0 Å². The third kappa shape index (κ3) is 2.34. The van der Waals surface area contributed by atoms with Crippen LogP contribution in [0.2, 0.25) is 0 Å². The van der Waals surface area contributed by atoms with Crippen molar-refractivity contribution in [2.75, 3.05) is 0 Å². The smallest absolute Gasteiger partial charge is 0.356 e. The summed E-state index contributed by atoms with van der Waals surface area (Å²) < 4.78 is 0. The fourth-order valence-corrected chi connectivity index (χ4v) is 1.06. The minimum atomic E-state index is -1.35. The van der Waals surface area contributed by atoms with Gasteiger partial charge in [-0.2, -0.15) is 5.90 Å². The maximum Gasteiger partial charge on any atom is 0.356 e. The van der Waals surface area contributed by atoms with Crippen LogP contribution in [0.25, 0.3) is 0 Å². The predicted molar refractivity (Wildman–Crippen MR) is 50.0 cm³/mol. The summed E-state index contributed by atoms with van der Waals surface area (Å²) in [5.41, 5.74) is -0.902. The van der Waals surface area contributed by atoms with Gasteiger partial charge < -0.3 is 15.1 Å². The molecule has 0 bridgehead atoms. The number of carboxylic acids is 2. The van der Waals surface area contributed by atoms with E-state index < -0.39 is 17.9 Å². The molecule has 0 saturated carbocycles. The second-order valence-electron chi connectivity index (χ2n) is 2.81. The van der Waals surface area contributed by atoms with E-state index in [9.17, 15) is 14.4 Å². The van der Waals surface area contributed by atoms with E-state index in [2.05, 4.69) is 10.7 Å². The number of hydrogen-bond acceptors (Lipinski definition) is 5. The SMILES string of the molecule is NOC(=O)c1cc(C(=O)O)cc(C(=O)O)c1. The van der Waals surface area contributed by atoms with Crippen LogP contribution in [0, 0.1) is 0 Å². The Labute approximate surface area is 89.0 Å². The molecule has 4 N–H and O–H groups in total. The lowest BCUT2D eigenvalue weighted by atomic mass is 10.1. The number of carbonyl (C=O) groups excluding carboxylic acids is 1. The van der Waals surface area contributed by atoms with Crippen molar-refractivity contribution in [2.45, 2.75) is 0 Å². The molecule has 84 valence electrons. The van der Waals surface area contributed by atoms with Gasteiger partial charge in [-0.25, -0.2) is 14.4 Å². The number of carbonyl (C=O) groups is 3. The Morgan fingerprint density at radius 3 is 1.62 bits per heavy atom. The third-order valence-corrected chi connectivity index (χ3v) is 1.77. The van der Waals surface area contributed by atoms with E-state index in [1.165, 1.54) is 0 Å². The zero-order chi connectivity index (χ0) is 12.3. The quantitative estimate of drug-likeness (QED) is 0.623. The van der Waals surface area contributed by atoms with Crippen molar-refractivity contribution < 1.29 is 29.4 Å². The second kappa shape index (κ2) is 4.41. The van der Waals surface area contributed by atoms with Crippen LogP contribution in [0.15, 0.2) is 18.2 Å². The predicted octanol–water partition coefficient (Wildman–Crippen LogP) is 0.113. The van der Waals surface area contributed by atoms with Gasteiger partial charge in [0.1, 0.15) is 0 Å². The first-order chi connectivity index (χ1) is 7.45. The van der Waals surface area contributed by atoms with E-state index in [4.69, 9.17) is 10.2 Å². The molecule has 1 aromatic rings. The highest BCUT2D eigenvalue weighted by atomic mass is 16.7. The Kier molecular flexibility index (Phi) is 3.21. The molecule has 0 atom stereocenters. The highest BCUT2D eigenvalue weighted by Gasteiger charge is 2.15. The number of aromatic carboxylic acids is 2. The minimum absolute atomic E-state index is 0.236. The fourth-order valence-electron chi connectivity index (χ4n) is 1.06. The Morgan fingerprint density at radius 2 is 1.31 bits per heavy atom. The van der Waals surface area contributed by atoms with Gasteiger partial charge in [-0.1, -0.05) is 0 Å². The Bertz CT molecular complexity index is 435. The van der Waals surface area contributed by atoms with Crippen LogP contribution in [-0.4, -0.2) is 28.1 Å². The minimum Gasteiger partial charge on any atom is -0.478 e. The number of hydrogen-bond donors (Lipinski definition) is 3. The summed E-state index contributed by atoms with van der Waals surface area (Å²) >= 11 is 0. The van der Waals surface area contributed by atoms with E-state index in [1.54, 1.807) is 0 Å². The topological polar surface area (TPSA) is 127 Å². The summed E-state index contributed by atoms with van der Waals surface area (Å²) in [5.74, 6) is 0.898. The van der Waals surface area contributed by atoms with Gasteiger partial charge in [0, 0.05) is 0 Å². The third-order valence-electron chi connectivity index (χ3n) is 1.77. The molecule has 0 radical (unpaired) electrons. The Morgan fingerprint density at radius 1 is 0.938 bits per heavy atom. The van der Waals surface area contributed by atoms with Gasteiger partial charge >= 0.3 is 17.9 Å². The largest absolute Gasteiger partial charge is 0.478 e. The molecular weight excluding hydrogens is 218 g/mol. The van der Waals surface area contributed by atoms with E-state index >= 15 is 0 Å². The van der Waals surface area contributed by atoms with Gasteiger partial charge in [0.2, 0.25) is 0 Å². The van der Waals surface area contributed by atoms with Crippen molar-refractivity contribution in [3.05, 3.63) is 34.9 Å². The van der Waals surface area contributed by atoms with Crippen LogP contribution in [-0.2, 0) is 4.84 Å². The van der Waals surface area contributed by atoms with Gasteiger partial charge in [-0.05, 0) is 18.2 Å². The lowest BCUT2D eigenvalue weighted by Crippen LogP contribution is -2.13. The molecule has 0 aromatic heterocycles. The highest BCUT2D eigenvalue weighted by Crippen LogP contribution is 2.11. The van der Waals surface area contributed by atoms with Crippen LogP contribution in [0.4, 0.5) is 0 Å². The molecule has 7 nitrogen and oxygen atoms in total. The number of nitrogens with two attached hydrogens (primary N) is 1. The van der Waals surface area contributed by atoms with E-state index in [-0.39, 0.29) is 16.7 Å². The zero-order valence-electron chi connectivity index (χ0n) is 7.84. The molecule has 16 heavy (non-hydrogen) atoms. The highest BCUT2D eigenvalue weighted by molar-refractivity contribution is 5.99. The lowest BCUT2D eigenvalue weighted by molar-refractivity contribution is 0.0503. The summed E-state index contributed by atoms with van der Waals surface area (Å²) in [5, 5.41) is 17.4. The molecule has 1 aromatic carbocycles. The molecule has 7 heteroatoms. The second-order valence-corrected chi connectivity index (χ2v) is 2.81. The van der Waals surface area contributed by atoms with Crippen LogP contribution in [0.5, 0.6) is 0 Å². The first kappa shape index (κ1) is 11.7. The van der Waals surface area contributed by atoms with E-state index in [0.29, 0.717) is 0 Å². The van der Waals surface area contributed by atoms with Crippen molar-refractivity contribution >= 4 is 17.9 Å². The lowest BCUT2D eigenvalue weighted by Gasteiger charge is -2.02. The van der Waals surface area contributed by atoms with Gasteiger partial charge in [0.25, 0.3) is 0 Å². The molecule has 0 spiro atoms. The number of carboxylic acid groups (broad SMARTS) is 2. The van der Waals surface area contributed by atoms with E-state index in [0.717, 1.165) is 18.2 Å². The molecular formula is C9H7NO6. The van der Waals surface area contributed by atoms with Crippen molar-refractivity contribution in [3.63, 3.8) is 0 Å². The van der Waals surface area contributed by atoms with Crippen molar-refractivity contribution in [1.29, 1.82) is 0 Å². The maximum absolute atomic E-state index is 11.0. The summed E-state index contributed by atoms with van der Waals surface area (Å²) in [6.07, 6.45) is 0. The summed E-state index contributed by atoms with van der Waals surface area (Å²) in [7, 11) is 0. The summed E-state index contributed by atoms with van der Waals surface area (Å²) in [6, 6.07) is 2.88. The van der Waals surface area contributed by atoms with Gasteiger partial charge in [0.15, 0.2) is 0 Å². The first-order valence-corrected chi connectivity index (χ1v) is 3.98. The van der Waals surface area contributed by atoms with Crippen molar-refractivity contribution in [1.82, 2.24) is 0 Å². The fraction of sp³-hybridized carbons (Fsp3) is 0. The van der Waals surface area contributed by atoms with Gasteiger partial charge in [-0.3, -0.25) is 0 Å². The molecule has 0 amide bonds. The average Bonchev–Trinajstić information content (AvgIpc) is 2.27. The maximum atomic E-state index is 11.0. The summed E-state index contributed by atoms with van der Waals surface area (Å²) in [4.78, 5) is 36.2.